The number of fused-ring (bicyclic) bond motifs is 1. The van der Waals surface area contributed by atoms with Crippen LogP contribution in [0.2, 0.25) is 0 Å². The van der Waals surface area contributed by atoms with Gasteiger partial charge in [0.2, 0.25) is 5.95 Å². The lowest BCUT2D eigenvalue weighted by atomic mass is 10.1. The van der Waals surface area contributed by atoms with Crippen LogP contribution in [0, 0.1) is 0 Å². The quantitative estimate of drug-likeness (QED) is 0.542. The second-order valence-corrected chi connectivity index (χ2v) is 9.81. The molecular formula is C23H28BrN5O3. The van der Waals surface area contributed by atoms with Crippen molar-refractivity contribution in [3.63, 3.8) is 0 Å². The summed E-state index contributed by atoms with van der Waals surface area (Å²) in [6.45, 7) is 6.89. The number of nitrogens with one attached hydrogen (secondary N) is 1. The van der Waals surface area contributed by atoms with Gasteiger partial charge in [0.15, 0.2) is 0 Å². The van der Waals surface area contributed by atoms with Crippen molar-refractivity contribution in [3.05, 3.63) is 41.0 Å². The van der Waals surface area contributed by atoms with Crippen molar-refractivity contribution in [2.24, 2.45) is 0 Å². The zero-order chi connectivity index (χ0) is 22.9. The van der Waals surface area contributed by atoms with Gasteiger partial charge in [-0.15, -0.1) is 10.2 Å². The van der Waals surface area contributed by atoms with Crippen LogP contribution in [0.1, 0.15) is 33.6 Å². The molecule has 0 saturated carbocycles. The van der Waals surface area contributed by atoms with Crippen molar-refractivity contribution in [1.82, 2.24) is 19.5 Å². The molecule has 0 spiro atoms. The van der Waals surface area contributed by atoms with Crippen LogP contribution >= 0.6 is 15.9 Å². The molecule has 1 saturated heterocycles. The largest absolute Gasteiger partial charge is 0.496 e. The van der Waals surface area contributed by atoms with Crippen LogP contribution in [-0.4, -0.2) is 57.4 Å². The molecule has 1 amide bonds. The van der Waals surface area contributed by atoms with E-state index in [1.807, 2.05) is 61.7 Å². The highest BCUT2D eigenvalue weighted by atomic mass is 79.9. The van der Waals surface area contributed by atoms with Crippen LogP contribution in [0.3, 0.4) is 0 Å². The number of hydrogen-bond acceptors (Lipinski definition) is 6. The summed E-state index contributed by atoms with van der Waals surface area (Å²) in [7, 11) is 1.64. The number of ether oxygens (including phenoxy) is 2. The molecule has 2 aromatic heterocycles. The molecule has 32 heavy (non-hydrogen) atoms. The van der Waals surface area contributed by atoms with Gasteiger partial charge in [0.25, 0.3) is 0 Å². The van der Waals surface area contributed by atoms with Gasteiger partial charge in [0, 0.05) is 35.4 Å². The maximum absolute atomic E-state index is 12.5. The number of carbonyl (C=O) groups is 1. The summed E-state index contributed by atoms with van der Waals surface area (Å²) in [4.78, 5) is 14.3. The minimum atomic E-state index is -0.510. The molecule has 1 fully saturated rings. The Morgan fingerprint density at radius 3 is 2.81 bits per heavy atom. The summed E-state index contributed by atoms with van der Waals surface area (Å²) in [5.74, 6) is 1.36. The molecule has 1 aliphatic rings. The monoisotopic (exact) mass is 501 g/mol. The Morgan fingerprint density at radius 1 is 1.25 bits per heavy atom. The first-order valence-corrected chi connectivity index (χ1v) is 11.5. The molecule has 0 bridgehead atoms. The van der Waals surface area contributed by atoms with E-state index in [1.165, 1.54) is 0 Å². The van der Waals surface area contributed by atoms with Gasteiger partial charge in [-0.1, -0.05) is 15.9 Å². The highest BCUT2D eigenvalue weighted by Gasteiger charge is 2.28. The molecule has 0 radical (unpaired) electrons. The first-order valence-electron chi connectivity index (χ1n) is 10.7. The van der Waals surface area contributed by atoms with Gasteiger partial charge in [0.1, 0.15) is 17.0 Å². The van der Waals surface area contributed by atoms with Gasteiger partial charge in [0.05, 0.1) is 12.6 Å². The fraction of sp³-hybridized carbons (Fsp3) is 0.435. The Hall–Kier alpha value is -2.81. The number of hydrogen-bond donors (Lipinski definition) is 1. The minimum Gasteiger partial charge on any atom is -0.496 e. The Morgan fingerprint density at radius 2 is 2.06 bits per heavy atom. The predicted octanol–water partition coefficient (Wildman–Crippen LogP) is 4.98. The predicted molar refractivity (Wildman–Crippen MR) is 127 cm³/mol. The number of amides is 1. The van der Waals surface area contributed by atoms with E-state index in [-0.39, 0.29) is 12.1 Å². The Kier molecular flexibility index (Phi) is 6.28. The minimum absolute atomic E-state index is 0.0595. The van der Waals surface area contributed by atoms with E-state index >= 15 is 0 Å². The summed E-state index contributed by atoms with van der Waals surface area (Å²) < 4.78 is 14.0. The lowest BCUT2D eigenvalue weighted by molar-refractivity contribution is 0.0206. The van der Waals surface area contributed by atoms with Gasteiger partial charge >= 0.3 is 6.09 Å². The Labute approximate surface area is 196 Å². The van der Waals surface area contributed by atoms with Crippen LogP contribution in [0.5, 0.6) is 5.75 Å². The van der Waals surface area contributed by atoms with E-state index < -0.39 is 5.60 Å². The lowest BCUT2D eigenvalue weighted by Crippen LogP contribution is -2.47. The van der Waals surface area contributed by atoms with Crippen LogP contribution in [-0.2, 0) is 4.74 Å². The third kappa shape index (κ3) is 4.82. The summed E-state index contributed by atoms with van der Waals surface area (Å²) in [6, 6.07) is 9.86. The number of aromatic nitrogens is 3. The molecule has 9 heteroatoms. The second kappa shape index (κ2) is 8.97. The molecule has 170 valence electrons. The standard InChI is InChI=1S/C23H28BrN5O3/c1-23(2,3)32-22(30)28-11-5-7-16(14-28)25-21-27-26-20(18-8-6-12-29(18)21)17-10-9-15(24)13-19(17)31-4/h6,8-10,12-13,16H,5,7,11,14H2,1-4H3,(H,25,27). The number of likely N-dealkylation sites (tertiary alicyclic amines) is 1. The first kappa shape index (κ1) is 22.4. The average molecular weight is 502 g/mol. The molecule has 1 unspecified atom stereocenters. The molecule has 3 aromatic rings. The van der Waals surface area contributed by atoms with Crippen LogP contribution < -0.4 is 10.1 Å². The smallest absolute Gasteiger partial charge is 0.410 e. The van der Waals surface area contributed by atoms with Gasteiger partial charge < -0.3 is 19.7 Å². The van der Waals surface area contributed by atoms with E-state index in [2.05, 4.69) is 31.4 Å². The molecule has 4 rings (SSSR count). The van der Waals surface area contributed by atoms with Gasteiger partial charge in [-0.2, -0.15) is 0 Å². The maximum Gasteiger partial charge on any atom is 0.410 e. The Balaban J connectivity index is 1.57. The molecule has 1 atom stereocenters. The molecule has 0 aliphatic carbocycles. The van der Waals surface area contributed by atoms with Crippen molar-refractivity contribution in [2.75, 3.05) is 25.5 Å². The fourth-order valence-electron chi connectivity index (χ4n) is 3.88. The SMILES string of the molecule is COc1cc(Br)ccc1-c1nnc(NC2CCCN(C(=O)OC(C)(C)C)C2)n2cccc12. The third-order valence-electron chi connectivity index (χ3n) is 5.29. The maximum atomic E-state index is 12.5. The second-order valence-electron chi connectivity index (χ2n) is 8.89. The van der Waals surface area contributed by atoms with E-state index in [0.29, 0.717) is 19.0 Å². The Bertz CT molecular complexity index is 1120. The number of nitrogens with zero attached hydrogens (tertiary/aromatic N) is 4. The normalized spacial score (nSPS) is 16.8. The summed E-state index contributed by atoms with van der Waals surface area (Å²) in [5, 5.41) is 12.5. The summed E-state index contributed by atoms with van der Waals surface area (Å²) in [6.07, 6.45) is 3.51. The zero-order valence-electron chi connectivity index (χ0n) is 18.8. The van der Waals surface area contributed by atoms with Crippen molar-refractivity contribution in [2.45, 2.75) is 45.3 Å². The number of halogens is 1. The molecular weight excluding hydrogens is 474 g/mol. The molecule has 8 nitrogen and oxygen atoms in total. The van der Waals surface area contributed by atoms with Crippen LogP contribution in [0.25, 0.3) is 16.8 Å². The van der Waals surface area contributed by atoms with E-state index in [0.717, 1.165) is 39.8 Å². The number of benzene rings is 1. The highest BCUT2D eigenvalue weighted by molar-refractivity contribution is 9.10. The van der Waals surface area contributed by atoms with Crippen molar-refractivity contribution in [3.8, 4) is 17.0 Å². The van der Waals surface area contributed by atoms with Gasteiger partial charge in [-0.25, -0.2) is 4.79 Å². The lowest BCUT2D eigenvalue weighted by Gasteiger charge is -2.34. The summed E-state index contributed by atoms with van der Waals surface area (Å²) >= 11 is 3.48. The summed E-state index contributed by atoms with van der Waals surface area (Å²) in [5.41, 5.74) is 2.02. The number of piperidine rings is 1. The molecule has 1 aliphatic heterocycles. The number of anilines is 1. The van der Waals surface area contributed by atoms with E-state index in [9.17, 15) is 4.79 Å². The topological polar surface area (TPSA) is 81.0 Å². The number of carbonyl (C=O) groups excluding carboxylic acids is 1. The highest BCUT2D eigenvalue weighted by Crippen LogP contribution is 2.34. The average Bonchev–Trinajstić information content (AvgIpc) is 3.24. The molecule has 1 aromatic carbocycles. The van der Waals surface area contributed by atoms with Crippen LogP contribution in [0.15, 0.2) is 41.0 Å². The molecule has 1 N–H and O–H groups in total. The third-order valence-corrected chi connectivity index (χ3v) is 5.78. The fourth-order valence-corrected chi connectivity index (χ4v) is 4.22. The van der Waals surface area contributed by atoms with Crippen LogP contribution in [0.4, 0.5) is 10.7 Å². The molecule has 3 heterocycles. The van der Waals surface area contributed by atoms with E-state index in [1.54, 1.807) is 12.0 Å². The van der Waals surface area contributed by atoms with Crippen molar-refractivity contribution in [1.29, 1.82) is 0 Å². The van der Waals surface area contributed by atoms with Crippen molar-refractivity contribution >= 4 is 33.5 Å². The van der Waals surface area contributed by atoms with E-state index in [4.69, 9.17) is 9.47 Å². The van der Waals surface area contributed by atoms with Gasteiger partial charge in [-0.05, 0) is 63.9 Å². The zero-order valence-corrected chi connectivity index (χ0v) is 20.3. The van der Waals surface area contributed by atoms with Gasteiger partial charge in [-0.3, -0.25) is 4.40 Å². The van der Waals surface area contributed by atoms with Crippen molar-refractivity contribution < 1.29 is 14.3 Å². The first-order chi connectivity index (χ1) is 15.2. The number of methoxy groups -OCH3 is 1. The number of rotatable bonds is 4.